The van der Waals surface area contributed by atoms with Crippen LogP contribution in [0.3, 0.4) is 0 Å². The molecule has 0 saturated heterocycles. The number of rotatable bonds is 6. The van der Waals surface area contributed by atoms with Crippen LogP contribution in [0.25, 0.3) is 0 Å². The predicted molar refractivity (Wildman–Crippen MR) is 87.3 cm³/mol. The van der Waals surface area contributed by atoms with E-state index < -0.39 is 5.97 Å². The summed E-state index contributed by atoms with van der Waals surface area (Å²) in [6.45, 7) is 1.97. The molecule has 2 aromatic rings. The number of benzene rings is 1. The van der Waals surface area contributed by atoms with Gasteiger partial charge in [0.2, 0.25) is 0 Å². The van der Waals surface area contributed by atoms with Gasteiger partial charge in [0.15, 0.2) is 0 Å². The van der Waals surface area contributed by atoms with Crippen LogP contribution < -0.4 is 5.32 Å². The van der Waals surface area contributed by atoms with E-state index >= 15 is 0 Å². The van der Waals surface area contributed by atoms with Gasteiger partial charge in [0.25, 0.3) is 0 Å². The topological polar surface area (TPSA) is 49.3 Å². The molecule has 1 aromatic heterocycles. The first-order valence-electron chi connectivity index (χ1n) is 6.43. The van der Waals surface area contributed by atoms with E-state index in [1.165, 1.54) is 0 Å². The number of hydrogen-bond donors (Lipinski definition) is 2. The van der Waals surface area contributed by atoms with Crippen LogP contribution in [0.15, 0.2) is 35.7 Å². The first kappa shape index (κ1) is 16.3. The SMILES string of the molecule is CC(NC(CC(=O)O)c1cccs1)c1ccc(Cl)c(Cl)c1. The largest absolute Gasteiger partial charge is 0.481 e. The Morgan fingerprint density at radius 2 is 2.10 bits per heavy atom. The Morgan fingerprint density at radius 1 is 1.33 bits per heavy atom. The maximum atomic E-state index is 11.0. The summed E-state index contributed by atoms with van der Waals surface area (Å²) >= 11 is 13.5. The fraction of sp³-hybridized carbons (Fsp3) is 0.267. The maximum absolute atomic E-state index is 11.0. The Morgan fingerprint density at radius 3 is 2.67 bits per heavy atom. The molecule has 0 aliphatic carbocycles. The molecular formula is C15H15Cl2NO2S. The van der Waals surface area contributed by atoms with Crippen LogP contribution in [0.2, 0.25) is 10.0 Å². The van der Waals surface area contributed by atoms with Crippen molar-refractivity contribution in [3.05, 3.63) is 56.2 Å². The molecule has 2 atom stereocenters. The Bertz CT molecular complexity index is 616. The van der Waals surface area contributed by atoms with Gasteiger partial charge in [0.1, 0.15) is 0 Å². The molecular weight excluding hydrogens is 329 g/mol. The molecule has 0 spiro atoms. The lowest BCUT2D eigenvalue weighted by atomic mass is 10.1. The summed E-state index contributed by atoms with van der Waals surface area (Å²) < 4.78 is 0. The van der Waals surface area contributed by atoms with Crippen LogP contribution in [0.4, 0.5) is 0 Å². The molecule has 0 amide bonds. The van der Waals surface area contributed by atoms with E-state index in [2.05, 4.69) is 5.32 Å². The van der Waals surface area contributed by atoms with Crippen molar-refractivity contribution in [1.82, 2.24) is 5.32 Å². The number of hydrogen-bond acceptors (Lipinski definition) is 3. The highest BCUT2D eigenvalue weighted by molar-refractivity contribution is 7.10. The summed E-state index contributed by atoms with van der Waals surface area (Å²) in [6, 6.07) is 9.02. The van der Waals surface area contributed by atoms with Crippen molar-refractivity contribution in [3.63, 3.8) is 0 Å². The summed E-state index contributed by atoms with van der Waals surface area (Å²) in [5, 5.41) is 15.4. The summed E-state index contributed by atoms with van der Waals surface area (Å²) in [4.78, 5) is 12.1. The summed E-state index contributed by atoms with van der Waals surface area (Å²) in [6.07, 6.45) is 0.0339. The van der Waals surface area contributed by atoms with Gasteiger partial charge < -0.3 is 10.4 Å². The van der Waals surface area contributed by atoms with Gasteiger partial charge in [-0.3, -0.25) is 4.79 Å². The van der Waals surface area contributed by atoms with E-state index in [9.17, 15) is 4.79 Å². The lowest BCUT2D eigenvalue weighted by Gasteiger charge is -2.22. The van der Waals surface area contributed by atoms with Crippen LogP contribution in [-0.4, -0.2) is 11.1 Å². The van der Waals surface area contributed by atoms with Crippen molar-refractivity contribution in [2.75, 3.05) is 0 Å². The van der Waals surface area contributed by atoms with E-state index in [1.54, 1.807) is 23.5 Å². The number of nitrogens with one attached hydrogen (secondary N) is 1. The summed E-state index contributed by atoms with van der Waals surface area (Å²) in [5.74, 6) is -0.831. The fourth-order valence-corrected chi connectivity index (χ4v) is 3.18. The van der Waals surface area contributed by atoms with E-state index in [1.807, 2.05) is 30.5 Å². The van der Waals surface area contributed by atoms with Crippen molar-refractivity contribution in [2.45, 2.75) is 25.4 Å². The first-order valence-corrected chi connectivity index (χ1v) is 8.07. The molecule has 0 aliphatic rings. The standard InChI is InChI=1S/C15H15Cl2NO2S/c1-9(10-4-5-11(16)12(17)7-10)18-13(8-15(19)20)14-3-2-6-21-14/h2-7,9,13,18H,8H2,1H3,(H,19,20). The molecule has 0 fully saturated rings. The van der Waals surface area contributed by atoms with Crippen LogP contribution >= 0.6 is 34.5 Å². The molecule has 0 bridgehead atoms. The monoisotopic (exact) mass is 343 g/mol. The minimum Gasteiger partial charge on any atom is -0.481 e. The highest BCUT2D eigenvalue weighted by Crippen LogP contribution is 2.29. The van der Waals surface area contributed by atoms with E-state index in [0.717, 1.165) is 10.4 Å². The number of aliphatic carboxylic acids is 1. The molecule has 0 aliphatic heterocycles. The molecule has 2 unspecified atom stereocenters. The van der Waals surface area contributed by atoms with E-state index in [-0.39, 0.29) is 18.5 Å². The van der Waals surface area contributed by atoms with Crippen molar-refractivity contribution in [2.24, 2.45) is 0 Å². The molecule has 3 nitrogen and oxygen atoms in total. The molecule has 1 heterocycles. The van der Waals surface area contributed by atoms with Crippen LogP contribution in [0.1, 0.15) is 35.9 Å². The second-order valence-corrected chi connectivity index (χ2v) is 6.52. The van der Waals surface area contributed by atoms with E-state index in [0.29, 0.717) is 10.0 Å². The average Bonchev–Trinajstić information content (AvgIpc) is 2.94. The lowest BCUT2D eigenvalue weighted by Crippen LogP contribution is -2.26. The second-order valence-electron chi connectivity index (χ2n) is 4.73. The molecule has 0 saturated carbocycles. The highest BCUT2D eigenvalue weighted by Gasteiger charge is 2.19. The van der Waals surface area contributed by atoms with Gasteiger partial charge in [-0.25, -0.2) is 0 Å². The third-order valence-corrected chi connectivity index (χ3v) is 4.89. The number of carboxylic acid groups (broad SMARTS) is 1. The van der Waals surface area contributed by atoms with Crippen molar-refractivity contribution >= 4 is 40.5 Å². The van der Waals surface area contributed by atoms with Gasteiger partial charge in [-0.1, -0.05) is 35.3 Å². The van der Waals surface area contributed by atoms with Crippen LogP contribution in [-0.2, 0) is 4.79 Å². The Labute approximate surface area is 137 Å². The Balaban J connectivity index is 2.15. The minimum atomic E-state index is -0.831. The second kappa shape index (κ2) is 7.27. The number of thiophene rings is 1. The third-order valence-electron chi connectivity index (χ3n) is 3.16. The van der Waals surface area contributed by atoms with Gasteiger partial charge >= 0.3 is 5.97 Å². The molecule has 2 N–H and O–H groups in total. The summed E-state index contributed by atoms with van der Waals surface area (Å²) in [7, 11) is 0. The molecule has 21 heavy (non-hydrogen) atoms. The van der Waals surface area contributed by atoms with Gasteiger partial charge in [-0.15, -0.1) is 11.3 Å². The normalized spacial score (nSPS) is 13.9. The summed E-state index contributed by atoms with van der Waals surface area (Å²) in [5.41, 5.74) is 0.969. The van der Waals surface area contributed by atoms with Crippen molar-refractivity contribution < 1.29 is 9.90 Å². The minimum absolute atomic E-state index is 0.0339. The zero-order valence-electron chi connectivity index (χ0n) is 11.3. The van der Waals surface area contributed by atoms with Gasteiger partial charge in [0.05, 0.1) is 22.5 Å². The molecule has 112 valence electrons. The Kier molecular flexibility index (Phi) is 5.65. The van der Waals surface area contributed by atoms with Gasteiger partial charge in [0, 0.05) is 10.9 Å². The molecule has 1 aromatic carbocycles. The quantitative estimate of drug-likeness (QED) is 0.782. The first-order chi connectivity index (χ1) is 9.97. The van der Waals surface area contributed by atoms with Gasteiger partial charge in [-0.05, 0) is 36.1 Å². The lowest BCUT2D eigenvalue weighted by molar-refractivity contribution is -0.137. The van der Waals surface area contributed by atoms with Crippen LogP contribution in [0.5, 0.6) is 0 Å². The maximum Gasteiger partial charge on any atom is 0.305 e. The molecule has 6 heteroatoms. The average molecular weight is 344 g/mol. The molecule has 0 radical (unpaired) electrons. The zero-order chi connectivity index (χ0) is 15.4. The van der Waals surface area contributed by atoms with Crippen molar-refractivity contribution in [1.29, 1.82) is 0 Å². The zero-order valence-corrected chi connectivity index (χ0v) is 13.7. The fourth-order valence-electron chi connectivity index (χ4n) is 2.09. The third kappa shape index (κ3) is 4.45. The van der Waals surface area contributed by atoms with E-state index in [4.69, 9.17) is 28.3 Å². The molecule has 2 rings (SSSR count). The van der Waals surface area contributed by atoms with Crippen molar-refractivity contribution in [3.8, 4) is 0 Å². The predicted octanol–water partition coefficient (Wildman–Crippen LogP) is 4.92. The highest BCUT2D eigenvalue weighted by atomic mass is 35.5. The van der Waals surface area contributed by atoms with Crippen LogP contribution in [0, 0.1) is 0 Å². The van der Waals surface area contributed by atoms with Gasteiger partial charge in [-0.2, -0.15) is 0 Å². The smallest absolute Gasteiger partial charge is 0.305 e. The number of halogens is 2. The number of carboxylic acids is 1. The number of carbonyl (C=O) groups is 1. The Hall–Kier alpha value is -1.07.